The molecule has 0 nitrogen and oxygen atoms in total. The highest BCUT2D eigenvalue weighted by Gasteiger charge is 2.01. The summed E-state index contributed by atoms with van der Waals surface area (Å²) in [7, 11) is 0. The van der Waals surface area contributed by atoms with Gasteiger partial charge in [0.2, 0.25) is 0 Å². The van der Waals surface area contributed by atoms with E-state index in [4.69, 9.17) is 0 Å². The van der Waals surface area contributed by atoms with Crippen molar-refractivity contribution in [3.8, 4) is 0 Å². The van der Waals surface area contributed by atoms with Gasteiger partial charge in [0.1, 0.15) is 0 Å². The third-order valence-electron chi connectivity index (χ3n) is 3.10. The van der Waals surface area contributed by atoms with Gasteiger partial charge in [0, 0.05) is 0 Å². The summed E-state index contributed by atoms with van der Waals surface area (Å²) in [5.41, 5.74) is 1.38. The van der Waals surface area contributed by atoms with E-state index >= 15 is 0 Å². The maximum atomic E-state index is 3.53. The van der Waals surface area contributed by atoms with Crippen molar-refractivity contribution < 1.29 is 0 Å². The third-order valence-corrected chi connectivity index (χ3v) is 3.10. The molecular formula is C16H13. The largest absolute Gasteiger partial charge is 0.0616 e. The fourth-order valence-electron chi connectivity index (χ4n) is 2.23. The van der Waals surface area contributed by atoms with E-state index in [-0.39, 0.29) is 0 Å². The highest BCUT2D eigenvalue weighted by Crippen LogP contribution is 2.24. The SMILES string of the molecule is CCc1cccc2cc3ccccc3[c]c12. The molecule has 0 aliphatic rings. The number of aryl methyl sites for hydroxylation is 1. The zero-order valence-electron chi connectivity index (χ0n) is 9.33. The summed E-state index contributed by atoms with van der Waals surface area (Å²) in [5, 5.41) is 5.03. The Morgan fingerprint density at radius 2 is 1.75 bits per heavy atom. The van der Waals surface area contributed by atoms with Crippen molar-refractivity contribution in [2.45, 2.75) is 13.3 Å². The van der Waals surface area contributed by atoms with Crippen LogP contribution in [0.4, 0.5) is 0 Å². The predicted molar refractivity (Wildman–Crippen MR) is 69.7 cm³/mol. The monoisotopic (exact) mass is 205 g/mol. The molecule has 3 aromatic carbocycles. The van der Waals surface area contributed by atoms with E-state index in [9.17, 15) is 0 Å². The molecule has 3 aromatic rings. The first-order valence-electron chi connectivity index (χ1n) is 5.71. The lowest BCUT2D eigenvalue weighted by atomic mass is 9.99. The quantitative estimate of drug-likeness (QED) is 0.518. The summed E-state index contributed by atoms with van der Waals surface area (Å²) < 4.78 is 0. The Morgan fingerprint density at radius 1 is 0.938 bits per heavy atom. The summed E-state index contributed by atoms with van der Waals surface area (Å²) >= 11 is 0. The lowest BCUT2D eigenvalue weighted by molar-refractivity contribution is 1.16. The van der Waals surface area contributed by atoms with E-state index in [0.717, 1.165) is 6.42 Å². The van der Waals surface area contributed by atoms with Crippen molar-refractivity contribution >= 4 is 21.5 Å². The van der Waals surface area contributed by atoms with Crippen LogP contribution in [0.1, 0.15) is 12.5 Å². The summed E-state index contributed by atoms with van der Waals surface area (Å²) in [4.78, 5) is 0. The molecule has 0 aromatic heterocycles. The first kappa shape index (κ1) is 9.41. The fourth-order valence-corrected chi connectivity index (χ4v) is 2.23. The predicted octanol–water partition coefficient (Wildman–Crippen LogP) is 4.36. The molecular weight excluding hydrogens is 192 g/mol. The minimum atomic E-state index is 1.06. The molecule has 0 aliphatic heterocycles. The number of fused-ring (bicyclic) bond motifs is 2. The van der Waals surface area contributed by atoms with E-state index in [2.05, 4.69) is 61.5 Å². The number of benzene rings is 3. The molecule has 0 atom stereocenters. The van der Waals surface area contributed by atoms with Crippen LogP contribution in [0.15, 0.2) is 48.5 Å². The van der Waals surface area contributed by atoms with Crippen molar-refractivity contribution in [1.82, 2.24) is 0 Å². The van der Waals surface area contributed by atoms with Crippen LogP contribution >= 0.6 is 0 Å². The first-order chi connectivity index (χ1) is 7.88. The number of hydrogen-bond acceptors (Lipinski definition) is 0. The van der Waals surface area contributed by atoms with E-state index < -0.39 is 0 Å². The minimum absolute atomic E-state index is 1.06. The second-order valence-corrected chi connectivity index (χ2v) is 4.09. The third kappa shape index (κ3) is 1.38. The smallest absolute Gasteiger partial charge is 0.00115 e. The number of hydrogen-bond donors (Lipinski definition) is 0. The minimum Gasteiger partial charge on any atom is -0.0616 e. The van der Waals surface area contributed by atoms with Gasteiger partial charge in [-0.05, 0) is 45.7 Å². The summed E-state index contributed by atoms with van der Waals surface area (Å²) in [6.07, 6.45) is 1.06. The maximum Gasteiger partial charge on any atom is -0.00115 e. The van der Waals surface area contributed by atoms with Crippen LogP contribution in [0.5, 0.6) is 0 Å². The van der Waals surface area contributed by atoms with Gasteiger partial charge in [-0.15, -0.1) is 0 Å². The van der Waals surface area contributed by atoms with Gasteiger partial charge in [-0.25, -0.2) is 0 Å². The standard InChI is InChI=1S/C16H13/c1-2-12-8-5-9-15-10-13-6-3-4-7-14(13)11-16(12)15/h3-10H,2H2,1H3. The first-order valence-corrected chi connectivity index (χ1v) is 5.71. The van der Waals surface area contributed by atoms with Gasteiger partial charge in [-0.1, -0.05) is 49.4 Å². The van der Waals surface area contributed by atoms with Gasteiger partial charge in [0.25, 0.3) is 0 Å². The van der Waals surface area contributed by atoms with Crippen LogP contribution in [0.3, 0.4) is 0 Å². The molecule has 0 bridgehead atoms. The van der Waals surface area contributed by atoms with E-state index in [1.54, 1.807) is 0 Å². The zero-order valence-corrected chi connectivity index (χ0v) is 9.33. The molecule has 0 aliphatic carbocycles. The van der Waals surface area contributed by atoms with E-state index in [0.29, 0.717) is 0 Å². The van der Waals surface area contributed by atoms with Crippen LogP contribution in [-0.4, -0.2) is 0 Å². The molecule has 77 valence electrons. The molecule has 0 heterocycles. The Labute approximate surface area is 95.5 Å². The molecule has 16 heavy (non-hydrogen) atoms. The highest BCUT2D eigenvalue weighted by molar-refractivity contribution is 5.98. The van der Waals surface area contributed by atoms with Gasteiger partial charge in [0.15, 0.2) is 0 Å². The second kappa shape index (κ2) is 3.64. The van der Waals surface area contributed by atoms with Crippen molar-refractivity contribution in [2.75, 3.05) is 0 Å². The summed E-state index contributed by atoms with van der Waals surface area (Å²) in [6, 6.07) is 20.7. The average Bonchev–Trinajstić information content (AvgIpc) is 2.35. The van der Waals surface area contributed by atoms with Crippen LogP contribution in [0.25, 0.3) is 21.5 Å². The van der Waals surface area contributed by atoms with Crippen LogP contribution in [0, 0.1) is 6.07 Å². The Kier molecular flexibility index (Phi) is 2.14. The molecule has 0 N–H and O–H groups in total. The van der Waals surface area contributed by atoms with Gasteiger partial charge in [-0.2, -0.15) is 0 Å². The molecule has 0 unspecified atom stereocenters. The van der Waals surface area contributed by atoms with Crippen LogP contribution < -0.4 is 0 Å². The summed E-state index contributed by atoms with van der Waals surface area (Å²) in [5.74, 6) is 0. The molecule has 0 saturated carbocycles. The lowest BCUT2D eigenvalue weighted by Gasteiger charge is -2.05. The maximum absolute atomic E-state index is 3.53. The number of rotatable bonds is 1. The van der Waals surface area contributed by atoms with Crippen LogP contribution in [-0.2, 0) is 6.42 Å². The van der Waals surface area contributed by atoms with Crippen molar-refractivity contribution in [2.24, 2.45) is 0 Å². The van der Waals surface area contributed by atoms with Crippen molar-refractivity contribution in [3.63, 3.8) is 0 Å². The van der Waals surface area contributed by atoms with Gasteiger partial charge < -0.3 is 0 Å². The highest BCUT2D eigenvalue weighted by atomic mass is 14.0. The normalized spacial score (nSPS) is 11.1. The Balaban J connectivity index is 2.46. The Bertz CT molecular complexity index is 650. The summed E-state index contributed by atoms with van der Waals surface area (Å²) in [6.45, 7) is 2.19. The second-order valence-electron chi connectivity index (χ2n) is 4.09. The molecule has 0 spiro atoms. The van der Waals surface area contributed by atoms with Crippen molar-refractivity contribution in [3.05, 3.63) is 60.2 Å². The molecule has 0 fully saturated rings. The molecule has 0 heteroatoms. The van der Waals surface area contributed by atoms with Crippen molar-refractivity contribution in [1.29, 1.82) is 0 Å². The van der Waals surface area contributed by atoms with E-state index in [1.807, 2.05) is 0 Å². The van der Waals surface area contributed by atoms with Gasteiger partial charge >= 0.3 is 0 Å². The Morgan fingerprint density at radius 3 is 2.62 bits per heavy atom. The molecule has 0 amide bonds. The Hall–Kier alpha value is -1.82. The molecule has 0 saturated heterocycles. The topological polar surface area (TPSA) is 0 Å². The molecule has 1 radical (unpaired) electrons. The van der Waals surface area contributed by atoms with E-state index in [1.165, 1.54) is 27.1 Å². The van der Waals surface area contributed by atoms with Crippen LogP contribution in [0.2, 0.25) is 0 Å². The fraction of sp³-hybridized carbons (Fsp3) is 0.125. The lowest BCUT2D eigenvalue weighted by Crippen LogP contribution is -1.84. The molecule has 3 rings (SSSR count). The van der Waals surface area contributed by atoms with Gasteiger partial charge in [0.05, 0.1) is 0 Å². The van der Waals surface area contributed by atoms with Gasteiger partial charge in [-0.3, -0.25) is 0 Å². The zero-order chi connectivity index (χ0) is 11.0. The average molecular weight is 205 g/mol.